The molecule has 0 bridgehead atoms. The summed E-state index contributed by atoms with van der Waals surface area (Å²) >= 11 is 0. The topological polar surface area (TPSA) is 64.7 Å². The van der Waals surface area contributed by atoms with Crippen molar-refractivity contribution < 1.29 is 9.59 Å². The van der Waals surface area contributed by atoms with Crippen molar-refractivity contribution in [3.05, 3.63) is 54.1 Å². The monoisotopic (exact) mass is 366 g/mol. The van der Waals surface area contributed by atoms with Gasteiger partial charge in [0.1, 0.15) is 0 Å². The summed E-state index contributed by atoms with van der Waals surface area (Å²) in [5.74, 6) is -0.0291. The molecule has 0 spiro atoms. The SMILES string of the molecule is CC(=O)Nc1cccc(NCC(=O)N2CCN(c3cccc(C)c3)CC2)c1. The minimum absolute atomic E-state index is 0.0869. The molecule has 2 aromatic carbocycles. The summed E-state index contributed by atoms with van der Waals surface area (Å²) in [5, 5.41) is 5.89. The molecule has 3 rings (SSSR count). The zero-order valence-corrected chi connectivity index (χ0v) is 15.9. The van der Waals surface area contributed by atoms with Gasteiger partial charge < -0.3 is 20.4 Å². The van der Waals surface area contributed by atoms with Crippen molar-refractivity contribution in [1.82, 2.24) is 4.90 Å². The molecule has 6 heteroatoms. The lowest BCUT2D eigenvalue weighted by atomic mass is 10.2. The Hall–Kier alpha value is -3.02. The van der Waals surface area contributed by atoms with E-state index in [1.165, 1.54) is 18.2 Å². The molecule has 1 aliphatic rings. The predicted octanol–water partition coefficient (Wildman–Crippen LogP) is 2.71. The molecule has 27 heavy (non-hydrogen) atoms. The van der Waals surface area contributed by atoms with Gasteiger partial charge in [-0.1, -0.05) is 18.2 Å². The van der Waals surface area contributed by atoms with Gasteiger partial charge in [0.15, 0.2) is 0 Å². The second kappa shape index (κ2) is 8.58. The fraction of sp³-hybridized carbons (Fsp3) is 0.333. The van der Waals surface area contributed by atoms with Crippen molar-refractivity contribution in [2.45, 2.75) is 13.8 Å². The van der Waals surface area contributed by atoms with Gasteiger partial charge in [-0.25, -0.2) is 0 Å². The van der Waals surface area contributed by atoms with E-state index < -0.39 is 0 Å². The Labute approximate surface area is 160 Å². The first-order valence-corrected chi connectivity index (χ1v) is 9.22. The minimum atomic E-state index is -0.116. The third kappa shape index (κ3) is 5.23. The number of nitrogens with one attached hydrogen (secondary N) is 2. The van der Waals surface area contributed by atoms with Crippen LogP contribution in [0.1, 0.15) is 12.5 Å². The summed E-state index contributed by atoms with van der Waals surface area (Å²) in [6.45, 7) is 6.94. The number of anilines is 3. The van der Waals surface area contributed by atoms with Crippen molar-refractivity contribution in [3.63, 3.8) is 0 Å². The van der Waals surface area contributed by atoms with Crippen LogP contribution in [0.3, 0.4) is 0 Å². The van der Waals surface area contributed by atoms with Crippen molar-refractivity contribution in [2.24, 2.45) is 0 Å². The van der Waals surface area contributed by atoms with E-state index in [0.29, 0.717) is 5.69 Å². The molecule has 1 saturated heterocycles. The van der Waals surface area contributed by atoms with Gasteiger partial charge in [0, 0.05) is 50.2 Å². The Morgan fingerprint density at radius 2 is 1.67 bits per heavy atom. The molecule has 142 valence electrons. The number of benzene rings is 2. The van der Waals surface area contributed by atoms with Gasteiger partial charge in [0.25, 0.3) is 0 Å². The molecule has 1 fully saturated rings. The van der Waals surface area contributed by atoms with Gasteiger partial charge in [-0.05, 0) is 42.8 Å². The van der Waals surface area contributed by atoms with Crippen molar-refractivity contribution in [2.75, 3.05) is 48.3 Å². The van der Waals surface area contributed by atoms with Crippen LogP contribution in [0.25, 0.3) is 0 Å². The largest absolute Gasteiger partial charge is 0.376 e. The lowest BCUT2D eigenvalue weighted by Crippen LogP contribution is -2.50. The average molecular weight is 366 g/mol. The second-order valence-electron chi connectivity index (χ2n) is 6.82. The molecule has 0 unspecified atom stereocenters. The second-order valence-corrected chi connectivity index (χ2v) is 6.82. The van der Waals surface area contributed by atoms with E-state index in [9.17, 15) is 9.59 Å². The molecule has 0 atom stereocenters. The summed E-state index contributed by atoms with van der Waals surface area (Å²) < 4.78 is 0. The van der Waals surface area contributed by atoms with Gasteiger partial charge in [-0.2, -0.15) is 0 Å². The van der Waals surface area contributed by atoms with Gasteiger partial charge in [-0.15, -0.1) is 0 Å². The number of aryl methyl sites for hydroxylation is 1. The van der Waals surface area contributed by atoms with E-state index >= 15 is 0 Å². The van der Waals surface area contributed by atoms with E-state index in [4.69, 9.17) is 0 Å². The maximum atomic E-state index is 12.5. The van der Waals surface area contributed by atoms with Crippen molar-refractivity contribution >= 4 is 28.9 Å². The van der Waals surface area contributed by atoms with Crippen LogP contribution in [0.2, 0.25) is 0 Å². The lowest BCUT2D eigenvalue weighted by Gasteiger charge is -2.36. The normalized spacial score (nSPS) is 14.0. The van der Waals surface area contributed by atoms with E-state index in [0.717, 1.165) is 31.9 Å². The lowest BCUT2D eigenvalue weighted by molar-refractivity contribution is -0.129. The Morgan fingerprint density at radius 1 is 0.963 bits per heavy atom. The summed E-state index contributed by atoms with van der Waals surface area (Å²) in [4.78, 5) is 27.9. The highest BCUT2D eigenvalue weighted by molar-refractivity contribution is 5.89. The zero-order valence-electron chi connectivity index (χ0n) is 15.9. The number of carbonyl (C=O) groups excluding carboxylic acids is 2. The summed E-state index contributed by atoms with van der Waals surface area (Å²) in [5.41, 5.74) is 3.99. The predicted molar refractivity (Wildman–Crippen MR) is 109 cm³/mol. The highest BCUT2D eigenvalue weighted by Gasteiger charge is 2.21. The molecular formula is C21H26N4O2. The van der Waals surface area contributed by atoms with E-state index in [1.54, 1.807) is 0 Å². The molecule has 1 heterocycles. The summed E-state index contributed by atoms with van der Waals surface area (Å²) in [6, 6.07) is 15.8. The van der Waals surface area contributed by atoms with Crippen LogP contribution >= 0.6 is 0 Å². The van der Waals surface area contributed by atoms with Crippen LogP contribution in [0, 0.1) is 6.92 Å². The Morgan fingerprint density at radius 3 is 2.37 bits per heavy atom. The molecule has 6 nitrogen and oxygen atoms in total. The summed E-state index contributed by atoms with van der Waals surface area (Å²) in [7, 11) is 0. The van der Waals surface area contributed by atoms with Crippen LogP contribution in [0.5, 0.6) is 0 Å². The van der Waals surface area contributed by atoms with Gasteiger partial charge >= 0.3 is 0 Å². The van der Waals surface area contributed by atoms with Gasteiger partial charge in [0.2, 0.25) is 11.8 Å². The molecule has 1 aliphatic heterocycles. The number of nitrogens with zero attached hydrogens (tertiary/aromatic N) is 2. The fourth-order valence-electron chi connectivity index (χ4n) is 3.24. The number of piperazine rings is 1. The van der Waals surface area contributed by atoms with Crippen LogP contribution < -0.4 is 15.5 Å². The highest BCUT2D eigenvalue weighted by atomic mass is 16.2. The molecule has 2 N–H and O–H groups in total. The number of hydrogen-bond acceptors (Lipinski definition) is 4. The summed E-state index contributed by atoms with van der Waals surface area (Å²) in [6.07, 6.45) is 0. The van der Waals surface area contributed by atoms with E-state index in [1.807, 2.05) is 29.2 Å². The third-order valence-corrected chi connectivity index (χ3v) is 4.63. The Balaban J connectivity index is 1.49. The Bertz CT molecular complexity index is 813. The molecule has 0 saturated carbocycles. The first kappa shape index (κ1) is 18.8. The quantitative estimate of drug-likeness (QED) is 0.854. The maximum Gasteiger partial charge on any atom is 0.241 e. The highest BCUT2D eigenvalue weighted by Crippen LogP contribution is 2.18. The van der Waals surface area contributed by atoms with Crippen LogP contribution in [-0.2, 0) is 9.59 Å². The molecule has 2 amide bonds. The molecule has 2 aromatic rings. The van der Waals surface area contributed by atoms with Crippen LogP contribution in [-0.4, -0.2) is 49.4 Å². The van der Waals surface area contributed by atoms with Crippen LogP contribution in [0.15, 0.2) is 48.5 Å². The molecule has 0 aromatic heterocycles. The molecular weight excluding hydrogens is 340 g/mol. The number of carbonyl (C=O) groups is 2. The minimum Gasteiger partial charge on any atom is -0.376 e. The molecule has 0 aliphatic carbocycles. The molecule has 0 radical (unpaired) electrons. The van der Waals surface area contributed by atoms with Gasteiger partial charge in [0.05, 0.1) is 6.54 Å². The first-order valence-electron chi connectivity index (χ1n) is 9.22. The van der Waals surface area contributed by atoms with Crippen molar-refractivity contribution in [1.29, 1.82) is 0 Å². The average Bonchev–Trinajstić information content (AvgIpc) is 2.66. The third-order valence-electron chi connectivity index (χ3n) is 4.63. The van der Waals surface area contributed by atoms with E-state index in [2.05, 4.69) is 46.7 Å². The maximum absolute atomic E-state index is 12.5. The number of hydrogen-bond donors (Lipinski definition) is 2. The number of rotatable bonds is 5. The van der Waals surface area contributed by atoms with E-state index in [-0.39, 0.29) is 18.4 Å². The standard InChI is InChI=1S/C21H26N4O2/c1-16-5-3-8-20(13-16)24-9-11-25(12-10-24)21(27)15-22-18-6-4-7-19(14-18)23-17(2)26/h3-8,13-14,22H,9-12,15H2,1-2H3,(H,23,26). The fourth-order valence-corrected chi connectivity index (χ4v) is 3.24. The van der Waals surface area contributed by atoms with Gasteiger partial charge in [-0.3, -0.25) is 9.59 Å². The number of amides is 2. The zero-order chi connectivity index (χ0) is 19.2. The first-order chi connectivity index (χ1) is 13.0. The van der Waals surface area contributed by atoms with Crippen LogP contribution in [0.4, 0.5) is 17.1 Å². The Kier molecular flexibility index (Phi) is 5.96. The van der Waals surface area contributed by atoms with Crippen molar-refractivity contribution in [3.8, 4) is 0 Å². The smallest absolute Gasteiger partial charge is 0.241 e.